The SMILES string of the molecule is COc1ccccc1CC(=O)N1CCC(NC(=O)c2cn(-c3ccccc3)nc2-c2cccnc2)CC1. The van der Waals surface area contributed by atoms with Crippen LogP contribution >= 0.6 is 0 Å². The molecule has 1 saturated heterocycles. The average Bonchev–Trinajstić information content (AvgIpc) is 3.41. The van der Waals surface area contributed by atoms with Crippen molar-refractivity contribution in [3.8, 4) is 22.7 Å². The standard InChI is InChI=1S/C29H29N5O3/c1-37-26-12-6-5-8-21(26)18-27(35)33-16-13-23(14-17-33)31-29(36)25-20-34(24-10-3-2-4-11-24)32-28(25)22-9-7-15-30-19-22/h2-12,15,19-20,23H,13-14,16-18H2,1H3,(H,31,36). The third kappa shape index (κ3) is 5.53. The Balaban J connectivity index is 1.26. The van der Waals surface area contributed by atoms with E-state index in [1.165, 1.54) is 0 Å². The first-order chi connectivity index (χ1) is 18.1. The molecule has 0 saturated carbocycles. The number of ether oxygens (including phenoxy) is 1. The van der Waals surface area contributed by atoms with E-state index in [9.17, 15) is 9.59 Å². The van der Waals surface area contributed by atoms with Gasteiger partial charge in [0.1, 0.15) is 11.4 Å². The second kappa shape index (κ2) is 11.1. The lowest BCUT2D eigenvalue weighted by molar-refractivity contribution is -0.131. The number of methoxy groups -OCH3 is 1. The van der Waals surface area contributed by atoms with E-state index in [0.29, 0.717) is 43.6 Å². The van der Waals surface area contributed by atoms with Crippen LogP contribution in [0, 0.1) is 0 Å². The number of pyridine rings is 1. The quantitative estimate of drug-likeness (QED) is 0.420. The molecule has 188 valence electrons. The number of likely N-dealkylation sites (tertiary alicyclic amines) is 1. The van der Waals surface area contributed by atoms with Gasteiger partial charge in [0.25, 0.3) is 5.91 Å². The van der Waals surface area contributed by atoms with Gasteiger partial charge >= 0.3 is 0 Å². The summed E-state index contributed by atoms with van der Waals surface area (Å²) in [7, 11) is 1.61. The Labute approximate surface area is 215 Å². The fraction of sp³-hybridized carbons (Fsp3) is 0.241. The molecule has 0 unspecified atom stereocenters. The van der Waals surface area contributed by atoms with Gasteiger partial charge in [0, 0.05) is 48.8 Å². The molecule has 2 aromatic heterocycles. The van der Waals surface area contributed by atoms with E-state index < -0.39 is 0 Å². The molecule has 37 heavy (non-hydrogen) atoms. The predicted octanol–water partition coefficient (Wildman–Crippen LogP) is 3.91. The molecular weight excluding hydrogens is 466 g/mol. The maximum absolute atomic E-state index is 13.4. The summed E-state index contributed by atoms with van der Waals surface area (Å²) >= 11 is 0. The minimum absolute atomic E-state index is 0.0235. The van der Waals surface area contributed by atoms with E-state index in [-0.39, 0.29) is 17.9 Å². The molecule has 8 nitrogen and oxygen atoms in total. The van der Waals surface area contributed by atoms with Gasteiger partial charge in [0.15, 0.2) is 0 Å². The van der Waals surface area contributed by atoms with Crippen LogP contribution in [0.3, 0.4) is 0 Å². The number of hydrogen-bond donors (Lipinski definition) is 1. The summed E-state index contributed by atoms with van der Waals surface area (Å²) in [6.07, 6.45) is 6.85. The van der Waals surface area contributed by atoms with E-state index in [1.54, 1.807) is 30.4 Å². The summed E-state index contributed by atoms with van der Waals surface area (Å²) < 4.78 is 7.10. The number of piperidine rings is 1. The van der Waals surface area contributed by atoms with E-state index in [0.717, 1.165) is 22.6 Å². The van der Waals surface area contributed by atoms with E-state index in [4.69, 9.17) is 9.84 Å². The highest BCUT2D eigenvalue weighted by Gasteiger charge is 2.26. The first-order valence-corrected chi connectivity index (χ1v) is 12.4. The van der Waals surface area contributed by atoms with Crippen molar-refractivity contribution in [2.75, 3.05) is 20.2 Å². The van der Waals surface area contributed by atoms with Crippen molar-refractivity contribution in [3.05, 3.63) is 96.4 Å². The Bertz CT molecular complexity index is 1360. The van der Waals surface area contributed by atoms with Crippen molar-refractivity contribution in [3.63, 3.8) is 0 Å². The van der Waals surface area contributed by atoms with E-state index >= 15 is 0 Å². The molecule has 2 amide bonds. The van der Waals surface area contributed by atoms with Crippen LogP contribution in [0.1, 0.15) is 28.8 Å². The van der Waals surface area contributed by atoms with Gasteiger partial charge in [0.05, 0.1) is 24.8 Å². The zero-order valence-electron chi connectivity index (χ0n) is 20.7. The molecule has 2 aromatic carbocycles. The van der Waals surface area contributed by atoms with Crippen molar-refractivity contribution >= 4 is 11.8 Å². The van der Waals surface area contributed by atoms with Gasteiger partial charge in [-0.2, -0.15) is 5.10 Å². The first kappa shape index (κ1) is 24.2. The van der Waals surface area contributed by atoms with Crippen LogP contribution in [0.2, 0.25) is 0 Å². The summed E-state index contributed by atoms with van der Waals surface area (Å²) in [6, 6.07) is 21.0. The third-order valence-electron chi connectivity index (χ3n) is 6.63. The van der Waals surface area contributed by atoms with Crippen molar-refractivity contribution in [1.29, 1.82) is 0 Å². The van der Waals surface area contributed by atoms with Crippen LogP contribution in [-0.2, 0) is 11.2 Å². The van der Waals surface area contributed by atoms with Gasteiger partial charge < -0.3 is 15.0 Å². The van der Waals surface area contributed by atoms with Crippen LogP contribution in [-0.4, -0.2) is 57.7 Å². The van der Waals surface area contributed by atoms with Crippen molar-refractivity contribution in [1.82, 2.24) is 25.0 Å². The van der Waals surface area contributed by atoms with E-state index in [1.807, 2.05) is 71.6 Å². The molecular formula is C29H29N5O3. The lowest BCUT2D eigenvalue weighted by Crippen LogP contribution is -2.47. The maximum Gasteiger partial charge on any atom is 0.255 e. The number of amides is 2. The van der Waals surface area contributed by atoms with Gasteiger partial charge in [-0.05, 0) is 43.2 Å². The average molecular weight is 496 g/mol. The number of nitrogens with one attached hydrogen (secondary N) is 1. The highest BCUT2D eigenvalue weighted by molar-refractivity contribution is 6.00. The van der Waals surface area contributed by atoms with Crippen LogP contribution < -0.4 is 10.1 Å². The molecule has 0 bridgehead atoms. The maximum atomic E-state index is 13.4. The zero-order valence-corrected chi connectivity index (χ0v) is 20.7. The number of hydrogen-bond acceptors (Lipinski definition) is 5. The molecule has 4 aromatic rings. The Morgan fingerprint density at radius 3 is 2.49 bits per heavy atom. The largest absolute Gasteiger partial charge is 0.496 e. The molecule has 0 radical (unpaired) electrons. The number of nitrogens with zero attached hydrogens (tertiary/aromatic N) is 4. The van der Waals surface area contributed by atoms with Gasteiger partial charge in [-0.15, -0.1) is 0 Å². The summed E-state index contributed by atoms with van der Waals surface area (Å²) in [5, 5.41) is 7.87. The highest BCUT2D eigenvalue weighted by Crippen LogP contribution is 2.24. The topological polar surface area (TPSA) is 89.4 Å². The lowest BCUT2D eigenvalue weighted by Gasteiger charge is -2.32. The monoisotopic (exact) mass is 495 g/mol. The Morgan fingerprint density at radius 1 is 1.00 bits per heavy atom. The summed E-state index contributed by atoms with van der Waals surface area (Å²) in [4.78, 5) is 32.4. The molecule has 0 spiro atoms. The van der Waals surface area contributed by atoms with Gasteiger partial charge in [-0.3, -0.25) is 14.6 Å². The Kier molecular flexibility index (Phi) is 7.26. The normalized spacial score (nSPS) is 13.8. The van der Waals surface area contributed by atoms with Crippen LogP contribution in [0.25, 0.3) is 16.9 Å². The Hall–Kier alpha value is -4.46. The van der Waals surface area contributed by atoms with Gasteiger partial charge in [0.2, 0.25) is 5.91 Å². The molecule has 3 heterocycles. The highest BCUT2D eigenvalue weighted by atomic mass is 16.5. The Morgan fingerprint density at radius 2 is 1.76 bits per heavy atom. The molecule has 0 aliphatic carbocycles. The van der Waals surface area contributed by atoms with Crippen molar-refractivity contribution in [2.24, 2.45) is 0 Å². The molecule has 1 aliphatic heterocycles. The molecule has 0 atom stereocenters. The minimum Gasteiger partial charge on any atom is -0.496 e. The smallest absolute Gasteiger partial charge is 0.255 e. The number of carbonyl (C=O) groups is 2. The molecule has 1 fully saturated rings. The minimum atomic E-state index is -0.181. The van der Waals surface area contributed by atoms with Gasteiger partial charge in [-0.1, -0.05) is 36.4 Å². The molecule has 1 aliphatic rings. The predicted molar refractivity (Wildman–Crippen MR) is 141 cm³/mol. The van der Waals surface area contributed by atoms with Crippen LogP contribution in [0.5, 0.6) is 5.75 Å². The number of aromatic nitrogens is 3. The first-order valence-electron chi connectivity index (χ1n) is 12.4. The van der Waals surface area contributed by atoms with Gasteiger partial charge in [-0.25, -0.2) is 4.68 Å². The second-order valence-electron chi connectivity index (χ2n) is 9.03. The molecule has 5 rings (SSSR count). The summed E-state index contributed by atoms with van der Waals surface area (Å²) in [6.45, 7) is 1.19. The molecule has 8 heteroatoms. The summed E-state index contributed by atoms with van der Waals surface area (Å²) in [5.74, 6) is 0.607. The third-order valence-corrected chi connectivity index (χ3v) is 6.63. The fourth-order valence-electron chi connectivity index (χ4n) is 4.63. The fourth-order valence-corrected chi connectivity index (χ4v) is 4.63. The summed E-state index contributed by atoms with van der Waals surface area (Å²) in [5.41, 5.74) is 3.60. The van der Waals surface area contributed by atoms with Crippen LogP contribution in [0.4, 0.5) is 0 Å². The lowest BCUT2D eigenvalue weighted by atomic mass is 10.0. The zero-order chi connectivity index (χ0) is 25.6. The second-order valence-corrected chi connectivity index (χ2v) is 9.03. The van der Waals surface area contributed by atoms with Crippen molar-refractivity contribution in [2.45, 2.75) is 25.3 Å². The molecule has 1 N–H and O–H groups in total. The number of benzene rings is 2. The number of rotatable bonds is 7. The van der Waals surface area contributed by atoms with Crippen LogP contribution in [0.15, 0.2) is 85.3 Å². The number of para-hydroxylation sites is 2. The van der Waals surface area contributed by atoms with E-state index in [2.05, 4.69) is 10.3 Å². The number of carbonyl (C=O) groups excluding carboxylic acids is 2. The van der Waals surface area contributed by atoms with Crippen molar-refractivity contribution < 1.29 is 14.3 Å².